The fraction of sp³-hybridized carbons (Fsp3) is 0.867. The Morgan fingerprint density at radius 3 is 2.16 bits per heavy atom. The van der Waals surface area contributed by atoms with Gasteiger partial charge in [0, 0.05) is 6.54 Å². The molecular formula is C15H26N2O2. The third kappa shape index (κ3) is 2.42. The number of fused-ring (bicyclic) bond motifs is 1. The largest absolute Gasteiger partial charge is 0.330 e. The van der Waals surface area contributed by atoms with E-state index in [0.29, 0.717) is 13.1 Å². The normalized spacial score (nSPS) is 28.8. The average Bonchev–Trinajstić information content (AvgIpc) is 2.79. The lowest BCUT2D eigenvalue weighted by Crippen LogP contribution is -2.37. The molecule has 1 saturated heterocycles. The van der Waals surface area contributed by atoms with Crippen molar-refractivity contribution in [3.8, 4) is 0 Å². The quantitative estimate of drug-likeness (QED) is 0.589. The van der Waals surface area contributed by atoms with Gasteiger partial charge in [-0.25, -0.2) is 0 Å². The summed E-state index contributed by atoms with van der Waals surface area (Å²) < 4.78 is 0. The minimum Gasteiger partial charge on any atom is -0.330 e. The molecule has 2 aliphatic rings. The molecule has 4 nitrogen and oxygen atoms in total. The summed E-state index contributed by atoms with van der Waals surface area (Å²) in [7, 11) is 0. The van der Waals surface area contributed by atoms with Gasteiger partial charge in [-0.05, 0) is 30.2 Å². The molecule has 0 aromatic rings. The summed E-state index contributed by atoms with van der Waals surface area (Å²) in [4.78, 5) is 25.7. The zero-order valence-corrected chi connectivity index (χ0v) is 12.5. The second-order valence-corrected chi connectivity index (χ2v) is 7.43. The maximum absolute atomic E-state index is 12.1. The van der Waals surface area contributed by atoms with Gasteiger partial charge >= 0.3 is 0 Å². The van der Waals surface area contributed by atoms with E-state index in [-0.39, 0.29) is 34.5 Å². The number of imide groups is 1. The molecule has 2 unspecified atom stereocenters. The van der Waals surface area contributed by atoms with E-state index in [4.69, 9.17) is 5.73 Å². The highest BCUT2D eigenvalue weighted by Gasteiger charge is 2.72. The molecule has 1 saturated carbocycles. The van der Waals surface area contributed by atoms with Crippen molar-refractivity contribution >= 4 is 11.8 Å². The Balaban J connectivity index is 1.77. The monoisotopic (exact) mass is 266 g/mol. The second-order valence-electron chi connectivity index (χ2n) is 7.43. The Morgan fingerprint density at radius 2 is 1.68 bits per heavy atom. The molecule has 108 valence electrons. The zero-order valence-electron chi connectivity index (χ0n) is 12.5. The molecule has 1 aliphatic carbocycles. The molecule has 2 N–H and O–H groups in total. The minimum absolute atomic E-state index is 0.0412. The van der Waals surface area contributed by atoms with Gasteiger partial charge in [-0.1, -0.05) is 34.1 Å². The van der Waals surface area contributed by atoms with Crippen molar-refractivity contribution in [3.05, 3.63) is 0 Å². The summed E-state index contributed by atoms with van der Waals surface area (Å²) >= 11 is 0. The molecule has 0 aromatic heterocycles. The summed E-state index contributed by atoms with van der Waals surface area (Å²) in [6, 6.07) is 0. The smallest absolute Gasteiger partial charge is 0.233 e. The van der Waals surface area contributed by atoms with Gasteiger partial charge in [-0.15, -0.1) is 0 Å². The standard InChI is InChI=1S/C15H26N2O2/c1-14(2,9-16)7-5-6-8-17-12(18)10-11(13(17)19)15(10,3)4/h10-11H,5-9,16H2,1-4H3. The van der Waals surface area contributed by atoms with Gasteiger partial charge in [0.05, 0.1) is 11.8 Å². The van der Waals surface area contributed by atoms with E-state index in [1.54, 1.807) is 0 Å². The van der Waals surface area contributed by atoms with Gasteiger partial charge in [-0.3, -0.25) is 14.5 Å². The van der Waals surface area contributed by atoms with Crippen LogP contribution in [0.15, 0.2) is 0 Å². The SMILES string of the molecule is CC(C)(CN)CCCCN1C(=O)C2C(C1=O)C2(C)C. The van der Waals surface area contributed by atoms with Crippen molar-refractivity contribution in [2.24, 2.45) is 28.4 Å². The summed E-state index contributed by atoms with van der Waals surface area (Å²) in [5.41, 5.74) is 5.75. The van der Waals surface area contributed by atoms with Crippen molar-refractivity contribution in [1.29, 1.82) is 0 Å². The minimum atomic E-state index is -0.0911. The fourth-order valence-electron chi connectivity index (χ4n) is 3.20. The topological polar surface area (TPSA) is 63.4 Å². The van der Waals surface area contributed by atoms with Gasteiger partial charge < -0.3 is 5.73 Å². The molecule has 4 heteroatoms. The molecule has 1 aliphatic heterocycles. The summed E-state index contributed by atoms with van der Waals surface area (Å²) in [5, 5.41) is 0. The lowest BCUT2D eigenvalue weighted by atomic mass is 9.87. The number of nitrogens with two attached hydrogens (primary N) is 1. The Kier molecular flexibility index (Phi) is 3.50. The van der Waals surface area contributed by atoms with Crippen molar-refractivity contribution < 1.29 is 9.59 Å². The van der Waals surface area contributed by atoms with Crippen LogP contribution in [-0.4, -0.2) is 29.8 Å². The number of hydrogen-bond acceptors (Lipinski definition) is 3. The van der Waals surface area contributed by atoms with Gasteiger partial charge in [0.1, 0.15) is 0 Å². The van der Waals surface area contributed by atoms with Crippen molar-refractivity contribution in [2.75, 3.05) is 13.1 Å². The van der Waals surface area contributed by atoms with Crippen LogP contribution in [0.1, 0.15) is 47.0 Å². The van der Waals surface area contributed by atoms with Crippen molar-refractivity contribution in [1.82, 2.24) is 4.90 Å². The number of piperidine rings is 1. The molecule has 1 heterocycles. The van der Waals surface area contributed by atoms with E-state index in [2.05, 4.69) is 13.8 Å². The van der Waals surface area contributed by atoms with E-state index in [9.17, 15) is 9.59 Å². The number of carbonyl (C=O) groups is 2. The average molecular weight is 266 g/mol. The molecule has 0 spiro atoms. The molecule has 2 amide bonds. The van der Waals surface area contributed by atoms with E-state index in [1.165, 1.54) is 4.90 Å². The zero-order chi connectivity index (χ0) is 14.4. The third-order valence-electron chi connectivity index (χ3n) is 4.93. The maximum atomic E-state index is 12.1. The predicted octanol–water partition coefficient (Wildman–Crippen LogP) is 1.78. The number of rotatable bonds is 6. The molecular weight excluding hydrogens is 240 g/mol. The van der Waals surface area contributed by atoms with Crippen LogP contribution in [0.4, 0.5) is 0 Å². The number of unbranched alkanes of at least 4 members (excludes halogenated alkanes) is 1. The molecule has 0 aromatic carbocycles. The molecule has 19 heavy (non-hydrogen) atoms. The van der Waals surface area contributed by atoms with Crippen LogP contribution >= 0.6 is 0 Å². The molecule has 2 fully saturated rings. The van der Waals surface area contributed by atoms with Crippen LogP contribution in [0.25, 0.3) is 0 Å². The number of hydrogen-bond donors (Lipinski definition) is 1. The highest BCUT2D eigenvalue weighted by atomic mass is 16.2. The Morgan fingerprint density at radius 1 is 1.16 bits per heavy atom. The van der Waals surface area contributed by atoms with E-state index < -0.39 is 0 Å². The number of nitrogens with zero attached hydrogens (tertiary/aromatic N) is 1. The van der Waals surface area contributed by atoms with E-state index >= 15 is 0 Å². The Labute approximate surface area is 115 Å². The van der Waals surface area contributed by atoms with Crippen LogP contribution < -0.4 is 5.73 Å². The number of amides is 2. The predicted molar refractivity (Wildman–Crippen MR) is 74.2 cm³/mol. The van der Waals surface area contributed by atoms with Crippen LogP contribution in [0, 0.1) is 22.7 Å². The first kappa shape index (κ1) is 14.5. The highest BCUT2D eigenvalue weighted by molar-refractivity contribution is 6.10. The van der Waals surface area contributed by atoms with E-state index in [0.717, 1.165) is 19.3 Å². The maximum Gasteiger partial charge on any atom is 0.233 e. The van der Waals surface area contributed by atoms with Crippen LogP contribution in [0.2, 0.25) is 0 Å². The van der Waals surface area contributed by atoms with E-state index in [1.807, 2.05) is 13.8 Å². The first-order valence-electron chi connectivity index (χ1n) is 7.28. The van der Waals surface area contributed by atoms with Gasteiger partial charge in [0.25, 0.3) is 0 Å². The molecule has 0 radical (unpaired) electrons. The lowest BCUT2D eigenvalue weighted by Gasteiger charge is -2.23. The van der Waals surface area contributed by atoms with Gasteiger partial charge in [0.15, 0.2) is 0 Å². The highest BCUT2D eigenvalue weighted by Crippen LogP contribution is 2.63. The van der Waals surface area contributed by atoms with Crippen LogP contribution in [-0.2, 0) is 9.59 Å². The lowest BCUT2D eigenvalue weighted by molar-refractivity contribution is -0.143. The second kappa shape index (κ2) is 4.58. The van der Waals surface area contributed by atoms with Crippen LogP contribution in [0.5, 0.6) is 0 Å². The molecule has 2 atom stereocenters. The number of likely N-dealkylation sites (tertiary alicyclic amines) is 1. The van der Waals surface area contributed by atoms with Gasteiger partial charge in [0.2, 0.25) is 11.8 Å². The molecule has 0 bridgehead atoms. The Bertz CT molecular complexity index is 377. The Hall–Kier alpha value is -0.900. The third-order valence-corrected chi connectivity index (χ3v) is 4.93. The summed E-state index contributed by atoms with van der Waals surface area (Å²) in [5.74, 6) is 0.0251. The van der Waals surface area contributed by atoms with Gasteiger partial charge in [-0.2, -0.15) is 0 Å². The first-order valence-corrected chi connectivity index (χ1v) is 7.28. The number of carbonyl (C=O) groups excluding carboxylic acids is 2. The van der Waals surface area contributed by atoms with Crippen molar-refractivity contribution in [3.63, 3.8) is 0 Å². The summed E-state index contributed by atoms with van der Waals surface area (Å²) in [6.07, 6.45) is 2.94. The van der Waals surface area contributed by atoms with Crippen LogP contribution in [0.3, 0.4) is 0 Å². The molecule has 2 rings (SSSR count). The summed E-state index contributed by atoms with van der Waals surface area (Å²) in [6.45, 7) is 9.58. The first-order chi connectivity index (χ1) is 8.72. The fourth-order valence-corrected chi connectivity index (χ4v) is 3.20. The van der Waals surface area contributed by atoms with Crippen molar-refractivity contribution in [2.45, 2.75) is 47.0 Å².